The Morgan fingerprint density at radius 1 is 1.43 bits per heavy atom. The largest absolute Gasteiger partial charge is 0.508 e. The molecule has 1 N–H and O–H groups in total. The lowest BCUT2D eigenvalue weighted by Gasteiger charge is -2.26. The van der Waals surface area contributed by atoms with Crippen LogP contribution in [-0.4, -0.2) is 30.7 Å². The normalized spacial score (nSPS) is 16.4. The lowest BCUT2D eigenvalue weighted by Crippen LogP contribution is -2.26. The highest BCUT2D eigenvalue weighted by Crippen LogP contribution is 2.31. The van der Waals surface area contributed by atoms with Gasteiger partial charge in [0.1, 0.15) is 11.5 Å². The highest BCUT2D eigenvalue weighted by atomic mass is 16.5. The fourth-order valence-corrected chi connectivity index (χ4v) is 1.93. The van der Waals surface area contributed by atoms with E-state index >= 15 is 0 Å². The fourth-order valence-electron chi connectivity index (χ4n) is 1.93. The van der Waals surface area contributed by atoms with Crippen LogP contribution in [0.2, 0.25) is 0 Å². The van der Waals surface area contributed by atoms with Gasteiger partial charge in [0, 0.05) is 24.7 Å². The summed E-state index contributed by atoms with van der Waals surface area (Å²) in [7, 11) is 3.74. The van der Waals surface area contributed by atoms with Gasteiger partial charge in [-0.15, -0.1) is 0 Å². The van der Waals surface area contributed by atoms with Crippen molar-refractivity contribution in [3.8, 4) is 11.5 Å². The molecule has 0 radical (unpaired) electrons. The maximum absolute atomic E-state index is 9.47. The van der Waals surface area contributed by atoms with E-state index in [1.807, 2.05) is 6.07 Å². The predicted octanol–water partition coefficient (Wildman–Crippen LogP) is 1.39. The van der Waals surface area contributed by atoms with Gasteiger partial charge in [-0.25, -0.2) is 0 Å². The SMILES string of the molecule is COc1cc(O)cc2c1CN(C)CC2. The zero-order chi connectivity index (χ0) is 10.1. The van der Waals surface area contributed by atoms with E-state index in [0.29, 0.717) is 5.75 Å². The summed E-state index contributed by atoms with van der Waals surface area (Å²) in [5.74, 6) is 1.09. The van der Waals surface area contributed by atoms with E-state index in [1.165, 1.54) is 11.1 Å². The smallest absolute Gasteiger partial charge is 0.127 e. The van der Waals surface area contributed by atoms with Crippen molar-refractivity contribution in [2.24, 2.45) is 0 Å². The van der Waals surface area contributed by atoms with Gasteiger partial charge < -0.3 is 14.7 Å². The quantitative estimate of drug-likeness (QED) is 0.731. The number of nitrogens with zero attached hydrogens (tertiary/aromatic N) is 1. The molecule has 0 aromatic heterocycles. The van der Waals surface area contributed by atoms with Crippen molar-refractivity contribution in [2.75, 3.05) is 20.7 Å². The molecule has 0 bridgehead atoms. The molecule has 0 fully saturated rings. The molecule has 0 unspecified atom stereocenters. The molecule has 0 spiro atoms. The zero-order valence-electron chi connectivity index (χ0n) is 8.58. The van der Waals surface area contributed by atoms with E-state index in [2.05, 4.69) is 11.9 Å². The molecule has 1 aliphatic heterocycles. The first-order chi connectivity index (χ1) is 6.70. The van der Waals surface area contributed by atoms with Crippen LogP contribution < -0.4 is 4.74 Å². The van der Waals surface area contributed by atoms with Gasteiger partial charge in [0.05, 0.1) is 7.11 Å². The molecule has 0 aliphatic carbocycles. The van der Waals surface area contributed by atoms with Gasteiger partial charge in [-0.2, -0.15) is 0 Å². The number of ether oxygens (including phenoxy) is 1. The van der Waals surface area contributed by atoms with Gasteiger partial charge in [-0.3, -0.25) is 0 Å². The number of benzene rings is 1. The summed E-state index contributed by atoms with van der Waals surface area (Å²) >= 11 is 0. The Labute approximate surface area is 83.9 Å². The van der Waals surface area contributed by atoms with Gasteiger partial charge >= 0.3 is 0 Å². The number of rotatable bonds is 1. The number of hydrogen-bond donors (Lipinski definition) is 1. The summed E-state index contributed by atoms with van der Waals surface area (Å²) in [6, 6.07) is 3.52. The predicted molar refractivity (Wildman–Crippen MR) is 54.7 cm³/mol. The topological polar surface area (TPSA) is 32.7 Å². The first-order valence-corrected chi connectivity index (χ1v) is 4.78. The van der Waals surface area contributed by atoms with Crippen LogP contribution in [0.4, 0.5) is 0 Å². The number of likely N-dealkylation sites (N-methyl/N-ethyl adjacent to an activating group) is 1. The molecule has 0 saturated heterocycles. The van der Waals surface area contributed by atoms with Gasteiger partial charge in [0.2, 0.25) is 0 Å². The van der Waals surface area contributed by atoms with Crippen LogP contribution in [0, 0.1) is 0 Å². The van der Waals surface area contributed by atoms with Crippen LogP contribution >= 0.6 is 0 Å². The van der Waals surface area contributed by atoms with Crippen molar-refractivity contribution in [1.29, 1.82) is 0 Å². The van der Waals surface area contributed by atoms with Crippen LogP contribution in [0.25, 0.3) is 0 Å². The highest BCUT2D eigenvalue weighted by Gasteiger charge is 2.17. The summed E-state index contributed by atoms with van der Waals surface area (Å²) in [4.78, 5) is 2.25. The molecule has 1 aromatic carbocycles. The average molecular weight is 193 g/mol. The van der Waals surface area contributed by atoms with Crippen LogP contribution in [0.3, 0.4) is 0 Å². The molecule has 76 valence electrons. The van der Waals surface area contributed by atoms with Crippen molar-refractivity contribution in [2.45, 2.75) is 13.0 Å². The van der Waals surface area contributed by atoms with Crippen molar-refractivity contribution < 1.29 is 9.84 Å². The van der Waals surface area contributed by atoms with E-state index in [4.69, 9.17) is 4.74 Å². The third kappa shape index (κ3) is 1.55. The third-order valence-corrected chi connectivity index (χ3v) is 2.70. The minimum atomic E-state index is 0.296. The van der Waals surface area contributed by atoms with Gasteiger partial charge in [-0.1, -0.05) is 0 Å². The van der Waals surface area contributed by atoms with E-state index in [1.54, 1.807) is 13.2 Å². The molecule has 3 nitrogen and oxygen atoms in total. The van der Waals surface area contributed by atoms with Crippen molar-refractivity contribution >= 4 is 0 Å². The third-order valence-electron chi connectivity index (χ3n) is 2.70. The van der Waals surface area contributed by atoms with Crippen LogP contribution in [0.1, 0.15) is 11.1 Å². The highest BCUT2D eigenvalue weighted by molar-refractivity contribution is 5.47. The fraction of sp³-hybridized carbons (Fsp3) is 0.455. The Balaban J connectivity index is 2.47. The first-order valence-electron chi connectivity index (χ1n) is 4.78. The number of methoxy groups -OCH3 is 1. The van der Waals surface area contributed by atoms with E-state index in [9.17, 15) is 5.11 Å². The summed E-state index contributed by atoms with van der Waals surface area (Å²) in [6.07, 6.45) is 0.983. The van der Waals surface area contributed by atoms with Crippen LogP contribution in [0.15, 0.2) is 12.1 Å². The van der Waals surface area contributed by atoms with Crippen molar-refractivity contribution in [1.82, 2.24) is 4.90 Å². The molecule has 1 heterocycles. The molecule has 2 rings (SSSR count). The number of fused-ring (bicyclic) bond motifs is 1. The molecule has 1 aliphatic rings. The first kappa shape index (κ1) is 9.34. The number of aromatic hydroxyl groups is 1. The molecule has 0 amide bonds. The molecular weight excluding hydrogens is 178 g/mol. The van der Waals surface area contributed by atoms with E-state index in [0.717, 1.165) is 25.3 Å². The summed E-state index contributed by atoms with van der Waals surface area (Å²) in [5.41, 5.74) is 2.42. The lowest BCUT2D eigenvalue weighted by molar-refractivity contribution is 0.300. The van der Waals surface area contributed by atoms with Crippen LogP contribution in [-0.2, 0) is 13.0 Å². The van der Waals surface area contributed by atoms with Gasteiger partial charge in [-0.05, 0) is 25.1 Å². The van der Waals surface area contributed by atoms with Gasteiger partial charge in [0.15, 0.2) is 0 Å². The van der Waals surface area contributed by atoms with Gasteiger partial charge in [0.25, 0.3) is 0 Å². The van der Waals surface area contributed by atoms with E-state index < -0.39 is 0 Å². The second-order valence-electron chi connectivity index (χ2n) is 3.77. The molecule has 0 saturated carbocycles. The Bertz CT molecular complexity index is 332. The van der Waals surface area contributed by atoms with Crippen molar-refractivity contribution in [3.63, 3.8) is 0 Å². The number of phenolic OH excluding ortho intramolecular Hbond substituents is 1. The molecular formula is C11H15NO2. The molecule has 14 heavy (non-hydrogen) atoms. The zero-order valence-corrected chi connectivity index (χ0v) is 8.58. The molecule has 0 atom stereocenters. The second-order valence-corrected chi connectivity index (χ2v) is 3.77. The number of hydrogen-bond acceptors (Lipinski definition) is 3. The maximum Gasteiger partial charge on any atom is 0.127 e. The Hall–Kier alpha value is -1.22. The van der Waals surface area contributed by atoms with Crippen molar-refractivity contribution in [3.05, 3.63) is 23.3 Å². The summed E-state index contributed by atoms with van der Waals surface area (Å²) in [6.45, 7) is 1.94. The van der Waals surface area contributed by atoms with E-state index in [-0.39, 0.29) is 0 Å². The summed E-state index contributed by atoms with van der Waals surface area (Å²) in [5, 5.41) is 9.47. The Morgan fingerprint density at radius 2 is 2.21 bits per heavy atom. The lowest BCUT2D eigenvalue weighted by atomic mass is 9.99. The second kappa shape index (κ2) is 3.50. The number of phenols is 1. The average Bonchev–Trinajstić information content (AvgIpc) is 2.17. The standard InChI is InChI=1S/C11H15NO2/c1-12-4-3-8-5-9(13)6-11(14-2)10(8)7-12/h5-6,13H,3-4,7H2,1-2H3. The monoisotopic (exact) mass is 193 g/mol. The maximum atomic E-state index is 9.47. The van der Waals surface area contributed by atoms with Crippen LogP contribution in [0.5, 0.6) is 11.5 Å². The summed E-state index contributed by atoms with van der Waals surface area (Å²) < 4.78 is 5.26. The minimum absolute atomic E-state index is 0.296. The Morgan fingerprint density at radius 3 is 2.93 bits per heavy atom. The molecule has 3 heteroatoms. The molecule has 1 aromatic rings. The minimum Gasteiger partial charge on any atom is -0.508 e. The Kier molecular flexibility index (Phi) is 2.33.